The van der Waals surface area contributed by atoms with Gasteiger partial charge in [-0.05, 0) is 0 Å². The molecule has 0 spiro atoms. The van der Waals surface area contributed by atoms with E-state index >= 15 is 0 Å². The molecule has 20 N–H and O–H groups in total. The normalized spacial score (nSPS) is 30.9. The SMILES string of the molecule is Nc1ncnc2c1ncn2C1OC(COP(=O)(O)OCC(COP(=O)(O)OCC2O[C@@H](n3cnc4c(N)ncnc43)[C@H](O)[C@@H]2O)(COP(=O)(O)OCC2O[C@@H](n3cnc4c(N)ncnc43)[C@H](O)[C@@H]2O)COP(=O)(O)OC[C@H]2OC(n3cnc4c(N)ncnc43)[C@H](O)[C@@H]2O)[C@H](O)[C@@H]1O. The molecule has 97 heavy (non-hydrogen) atoms. The molecule has 0 bridgehead atoms. The van der Waals surface area contributed by atoms with E-state index in [1.807, 2.05) is 0 Å². The lowest BCUT2D eigenvalue weighted by atomic mass is 9.93. The fourth-order valence-electron chi connectivity index (χ4n) is 10.6. The monoisotopic (exact) mass is 1450 g/mol. The van der Waals surface area contributed by atoms with Crippen LogP contribution in [0.4, 0.5) is 23.3 Å². The highest BCUT2D eigenvalue weighted by Crippen LogP contribution is 2.54. The number of anilines is 4. The molecule has 0 aromatic carbocycles. The van der Waals surface area contributed by atoms with Crippen LogP contribution in [0.15, 0.2) is 50.6 Å². The van der Waals surface area contributed by atoms with Crippen molar-refractivity contribution in [2.24, 2.45) is 5.41 Å². The van der Waals surface area contributed by atoms with Gasteiger partial charge in [0, 0.05) is 0 Å². The van der Waals surface area contributed by atoms with Crippen molar-refractivity contribution in [1.29, 1.82) is 0 Å². The Morgan fingerprint density at radius 2 is 0.546 bits per heavy atom. The summed E-state index contributed by atoms with van der Waals surface area (Å²) in [7, 11) is -22.9. The highest BCUT2D eigenvalue weighted by molar-refractivity contribution is 7.48. The number of phosphoric ester groups is 4. The van der Waals surface area contributed by atoms with Crippen molar-refractivity contribution in [3.63, 3.8) is 0 Å². The van der Waals surface area contributed by atoms with E-state index in [9.17, 15) is 78.7 Å². The molecule has 8 aromatic rings. The van der Waals surface area contributed by atoms with E-state index in [1.165, 1.54) is 0 Å². The Labute approximate surface area is 539 Å². The molecule has 9 unspecified atom stereocenters. The molecule has 528 valence electrons. The quantitative estimate of drug-likeness (QED) is 0.0204. The second-order valence-corrected chi connectivity index (χ2v) is 28.0. The summed E-state index contributed by atoms with van der Waals surface area (Å²) in [6.07, 6.45) is -18.5. The molecule has 4 saturated heterocycles. The van der Waals surface area contributed by atoms with Crippen LogP contribution in [0.3, 0.4) is 0 Å². The van der Waals surface area contributed by atoms with Gasteiger partial charge in [0.25, 0.3) is 0 Å². The van der Waals surface area contributed by atoms with Gasteiger partial charge in [0.1, 0.15) is 121 Å². The Balaban J connectivity index is 0.791. The number of rotatable bonds is 28. The van der Waals surface area contributed by atoms with Gasteiger partial charge in [-0.25, -0.2) is 78.1 Å². The van der Waals surface area contributed by atoms with Crippen molar-refractivity contribution >= 4 is 99.2 Å². The number of hydrogen-bond donors (Lipinski definition) is 16. The van der Waals surface area contributed by atoms with Gasteiger partial charge in [0.15, 0.2) is 70.8 Å². The van der Waals surface area contributed by atoms with Crippen LogP contribution in [0.2, 0.25) is 0 Å². The molecule has 4 aliphatic rings. The van der Waals surface area contributed by atoms with Gasteiger partial charge < -0.3 is 102 Å². The predicted octanol–water partition coefficient (Wildman–Crippen LogP) is -5.33. The third kappa shape index (κ3) is 14.4. The summed E-state index contributed by atoms with van der Waals surface area (Å²) in [4.78, 5) is 93.0. The molecule has 20 atom stereocenters. The van der Waals surface area contributed by atoms with E-state index in [2.05, 4.69) is 59.8 Å². The molecule has 52 heteroatoms. The molecule has 0 amide bonds. The van der Waals surface area contributed by atoms with Crippen LogP contribution >= 0.6 is 31.3 Å². The van der Waals surface area contributed by atoms with Gasteiger partial charge in [0.2, 0.25) is 0 Å². The zero-order valence-electron chi connectivity index (χ0n) is 49.2. The number of nitrogen functional groups attached to an aromatic ring is 4. The number of hydrogen-bond acceptors (Lipinski definition) is 40. The largest absolute Gasteiger partial charge is 0.472 e. The number of phosphoric acid groups is 4. The summed E-state index contributed by atoms with van der Waals surface area (Å²) in [5.74, 6) is -0.238. The van der Waals surface area contributed by atoms with E-state index in [-0.39, 0.29) is 67.9 Å². The van der Waals surface area contributed by atoms with Crippen LogP contribution in [-0.2, 0) is 73.4 Å². The Bertz CT molecular complexity index is 3830. The van der Waals surface area contributed by atoms with E-state index in [0.29, 0.717) is 0 Å². The summed E-state index contributed by atoms with van der Waals surface area (Å²) < 4.78 is 125. The number of aliphatic hydroxyl groups excluding tert-OH is 8. The Morgan fingerprint density at radius 3 is 0.753 bits per heavy atom. The third-order valence-corrected chi connectivity index (χ3v) is 19.5. The topological polar surface area (TPSA) is 700 Å². The zero-order valence-corrected chi connectivity index (χ0v) is 52.7. The first kappa shape index (κ1) is 70.2. The second-order valence-electron chi connectivity index (χ2n) is 22.2. The number of aromatic nitrogens is 16. The number of ether oxygens (including phenoxy) is 4. The maximum Gasteiger partial charge on any atom is 0.472 e. The number of fused-ring (bicyclic) bond motifs is 4. The minimum Gasteiger partial charge on any atom is -0.387 e. The molecule has 0 aliphatic carbocycles. The molecule has 0 saturated carbocycles. The fourth-order valence-corrected chi connectivity index (χ4v) is 13.9. The van der Waals surface area contributed by atoms with Crippen LogP contribution in [-0.4, -0.2) is 265 Å². The number of aliphatic hydroxyl groups is 8. The maximum atomic E-state index is 14.0. The van der Waals surface area contributed by atoms with Crippen LogP contribution in [0, 0.1) is 5.41 Å². The lowest BCUT2D eigenvalue weighted by molar-refractivity contribution is -0.0675. The average molecular weight is 1450 g/mol. The molecule has 12 rings (SSSR count). The molecule has 12 heterocycles. The maximum absolute atomic E-state index is 14.0. The van der Waals surface area contributed by atoms with Crippen LogP contribution in [0.1, 0.15) is 24.9 Å². The molecule has 0 radical (unpaired) electrons. The summed E-state index contributed by atoms with van der Waals surface area (Å²) in [5, 5.41) is 88.4. The standard InChI is InChI=1S/C45H60N20O28P4/c46-33-21-37(54-9-50-33)62(13-58-21)41-29(70)25(66)17(90-41)1-82-94(74,75)86-5-45(6-87-95(76,77)83-2-18-26(67)30(71)42(91-18)63-14-59-22-34(47)51-10-55-38(22)63,7-88-96(78,79)84-3-19-27(68)31(72)43(92-19)64-15-60-23-35(48)52-11-56-39(23)64)8-89-97(80,81)85-4-20-28(69)32(73)44(93-20)65-16-61-24-36(49)53-12-57-40(24)65/h9-20,25-32,41-44,66-73H,1-8H2,(H,74,75)(H,76,77)(H,78,79)(H,80,81)(H2,46,50,54)(H2,47,51,55)(H2,48,52,56)(H2,49,53,57)/t17-,18?,19?,20?,25-,26-,27-,28+,29-,30-,31-,32+,41?,42-,43-,44?,45?/m1/s1. The van der Waals surface area contributed by atoms with Crippen molar-refractivity contribution in [3.05, 3.63) is 50.6 Å². The molecule has 48 nitrogen and oxygen atoms in total. The van der Waals surface area contributed by atoms with Crippen molar-refractivity contribution in [1.82, 2.24) is 78.1 Å². The number of imidazole rings is 4. The van der Waals surface area contributed by atoms with Gasteiger partial charge in [-0.2, -0.15) is 0 Å². The van der Waals surface area contributed by atoms with Crippen LogP contribution in [0.25, 0.3) is 44.7 Å². The van der Waals surface area contributed by atoms with E-state index in [1.54, 1.807) is 0 Å². The van der Waals surface area contributed by atoms with Gasteiger partial charge in [-0.15, -0.1) is 0 Å². The summed E-state index contributed by atoms with van der Waals surface area (Å²) in [6, 6.07) is 0. The highest BCUT2D eigenvalue weighted by Gasteiger charge is 2.51. The van der Waals surface area contributed by atoms with Crippen molar-refractivity contribution < 1.29 is 134 Å². The summed E-state index contributed by atoms with van der Waals surface area (Å²) in [6.45, 7) is -10.7. The smallest absolute Gasteiger partial charge is 0.387 e. The molecule has 8 aromatic heterocycles. The second kappa shape index (κ2) is 27.5. The van der Waals surface area contributed by atoms with E-state index in [4.69, 9.17) is 78.1 Å². The van der Waals surface area contributed by atoms with E-state index < -0.39 is 188 Å². The lowest BCUT2D eigenvalue weighted by Gasteiger charge is -2.34. The number of nitrogens with zero attached hydrogens (tertiary/aromatic N) is 16. The predicted molar refractivity (Wildman–Crippen MR) is 312 cm³/mol. The number of nitrogens with two attached hydrogens (primary N) is 4. The van der Waals surface area contributed by atoms with E-state index in [0.717, 1.165) is 68.9 Å². The zero-order chi connectivity index (χ0) is 69.3. The molecule has 4 fully saturated rings. The first-order chi connectivity index (χ1) is 45.9. The van der Waals surface area contributed by atoms with Gasteiger partial charge >= 0.3 is 31.3 Å². The Morgan fingerprint density at radius 1 is 0.340 bits per heavy atom. The van der Waals surface area contributed by atoms with Crippen molar-refractivity contribution in [3.8, 4) is 0 Å². The summed E-state index contributed by atoms with van der Waals surface area (Å²) in [5.41, 5.74) is 21.2. The summed E-state index contributed by atoms with van der Waals surface area (Å²) >= 11 is 0. The van der Waals surface area contributed by atoms with Gasteiger partial charge in [-0.3, -0.25) is 54.5 Å². The molecular weight excluding hydrogens is 1390 g/mol. The minimum absolute atomic E-state index is 0.0357. The van der Waals surface area contributed by atoms with Gasteiger partial charge in [0.05, 0.1) is 83.6 Å². The van der Waals surface area contributed by atoms with Crippen molar-refractivity contribution in [2.75, 3.05) is 75.8 Å². The minimum atomic E-state index is -5.71. The molecular formula is C45H60N20O28P4. The average Bonchev–Trinajstić information content (AvgIpc) is 1.64. The first-order valence-electron chi connectivity index (χ1n) is 28.2. The Kier molecular flexibility index (Phi) is 19.9. The van der Waals surface area contributed by atoms with Gasteiger partial charge in [-0.1, -0.05) is 0 Å². The lowest BCUT2D eigenvalue weighted by Crippen LogP contribution is -2.41. The van der Waals surface area contributed by atoms with Crippen LogP contribution in [0.5, 0.6) is 0 Å². The van der Waals surface area contributed by atoms with Crippen LogP contribution < -0.4 is 22.9 Å². The highest BCUT2D eigenvalue weighted by atomic mass is 31.2. The molecule has 4 aliphatic heterocycles. The fraction of sp³-hybridized carbons (Fsp3) is 0.556. The first-order valence-corrected chi connectivity index (χ1v) is 34.2. The third-order valence-electron chi connectivity index (χ3n) is 15.7. The Hall–Kier alpha value is -6.64. The van der Waals surface area contributed by atoms with Crippen molar-refractivity contribution in [2.45, 2.75) is 98.2 Å².